The van der Waals surface area contributed by atoms with Crippen LogP contribution in [0.3, 0.4) is 0 Å². The van der Waals surface area contributed by atoms with Crippen LogP contribution in [0.25, 0.3) is 0 Å². The van der Waals surface area contributed by atoms with Crippen LogP contribution in [-0.2, 0) is 5.41 Å². The Morgan fingerprint density at radius 3 is 2.46 bits per heavy atom. The number of rotatable bonds is 5. The Bertz CT molecular complexity index is 853. The maximum absolute atomic E-state index is 6.32. The summed E-state index contributed by atoms with van der Waals surface area (Å²) >= 11 is 0. The van der Waals surface area contributed by atoms with Crippen LogP contribution in [-0.4, -0.2) is 19.8 Å². The fraction of sp³-hybridized carbons (Fsp3) is 0.440. The summed E-state index contributed by atoms with van der Waals surface area (Å²) in [5, 5.41) is 0. The van der Waals surface area contributed by atoms with Crippen molar-refractivity contribution in [3.8, 4) is 23.3 Å². The highest BCUT2D eigenvalue weighted by Gasteiger charge is 2.44. The van der Waals surface area contributed by atoms with Crippen molar-refractivity contribution >= 4 is 0 Å². The molecule has 3 nitrogen and oxygen atoms in total. The number of nitrogens with two attached hydrogens (primary N) is 1. The largest absolute Gasteiger partial charge is 0.493 e. The zero-order chi connectivity index (χ0) is 19.4. The molecule has 0 spiro atoms. The van der Waals surface area contributed by atoms with Crippen LogP contribution in [0.4, 0.5) is 0 Å². The van der Waals surface area contributed by atoms with Gasteiger partial charge in [-0.2, -0.15) is 0 Å². The van der Waals surface area contributed by atoms with Crippen LogP contribution in [0.1, 0.15) is 49.7 Å². The first kappa shape index (κ1) is 18.9. The lowest BCUT2D eigenvalue weighted by molar-refractivity contribution is 0.193. The molecule has 146 valence electrons. The number of benzene rings is 2. The van der Waals surface area contributed by atoms with Crippen LogP contribution < -0.4 is 15.2 Å². The summed E-state index contributed by atoms with van der Waals surface area (Å²) in [6.45, 7) is 0.719. The molecule has 2 aliphatic rings. The summed E-state index contributed by atoms with van der Waals surface area (Å²) in [5.74, 6) is 9.16. The molecule has 0 atom stereocenters. The van der Waals surface area contributed by atoms with E-state index in [0.29, 0.717) is 12.0 Å². The Labute approximate surface area is 168 Å². The Morgan fingerprint density at radius 2 is 1.79 bits per heavy atom. The van der Waals surface area contributed by atoms with Crippen molar-refractivity contribution in [1.29, 1.82) is 0 Å². The average Bonchev–Trinajstić information content (AvgIpc) is 3.21. The molecule has 0 amide bonds. The summed E-state index contributed by atoms with van der Waals surface area (Å²) in [7, 11) is 1.70. The minimum atomic E-state index is -0.153. The summed E-state index contributed by atoms with van der Waals surface area (Å²) < 4.78 is 11.9. The molecule has 3 heteroatoms. The number of hydrogen-bond donors (Lipinski definition) is 1. The van der Waals surface area contributed by atoms with Crippen LogP contribution in [0.5, 0.6) is 11.5 Å². The predicted molar refractivity (Wildman–Crippen MR) is 113 cm³/mol. The Hall–Kier alpha value is -2.44. The van der Waals surface area contributed by atoms with Gasteiger partial charge >= 0.3 is 0 Å². The first-order valence-electron chi connectivity index (χ1n) is 10.4. The molecule has 0 aliphatic heterocycles. The second kappa shape index (κ2) is 8.29. The minimum Gasteiger partial charge on any atom is -0.493 e. The van der Waals surface area contributed by atoms with Gasteiger partial charge in [0, 0.05) is 5.56 Å². The van der Waals surface area contributed by atoms with Crippen molar-refractivity contribution in [2.75, 3.05) is 13.7 Å². The van der Waals surface area contributed by atoms with Crippen molar-refractivity contribution < 1.29 is 9.47 Å². The van der Waals surface area contributed by atoms with Gasteiger partial charge in [0.1, 0.15) is 0 Å². The predicted octanol–water partition coefficient (Wildman–Crippen LogP) is 4.67. The van der Waals surface area contributed by atoms with Crippen LogP contribution in [0.15, 0.2) is 48.5 Å². The molecule has 0 saturated heterocycles. The van der Waals surface area contributed by atoms with E-state index in [9.17, 15) is 0 Å². The Kier molecular flexibility index (Phi) is 5.59. The molecule has 2 aromatic rings. The second-order valence-corrected chi connectivity index (χ2v) is 8.10. The van der Waals surface area contributed by atoms with Crippen LogP contribution in [0, 0.1) is 17.8 Å². The van der Waals surface area contributed by atoms with Gasteiger partial charge in [-0.15, -0.1) is 0 Å². The highest BCUT2D eigenvalue weighted by Crippen LogP contribution is 2.49. The van der Waals surface area contributed by atoms with E-state index in [0.717, 1.165) is 49.3 Å². The van der Waals surface area contributed by atoms with Crippen molar-refractivity contribution in [3.63, 3.8) is 0 Å². The lowest BCUT2D eigenvalue weighted by Gasteiger charge is -2.44. The fourth-order valence-electron chi connectivity index (χ4n) is 4.47. The lowest BCUT2D eigenvalue weighted by Crippen LogP contribution is -2.43. The summed E-state index contributed by atoms with van der Waals surface area (Å²) in [6.07, 6.45) is 7.04. The van der Waals surface area contributed by atoms with E-state index in [-0.39, 0.29) is 5.41 Å². The van der Waals surface area contributed by atoms with E-state index in [4.69, 9.17) is 15.2 Å². The minimum absolute atomic E-state index is 0.153. The molecule has 28 heavy (non-hydrogen) atoms. The second-order valence-electron chi connectivity index (χ2n) is 8.10. The quantitative estimate of drug-likeness (QED) is 0.772. The average molecular weight is 376 g/mol. The normalized spacial score (nSPS) is 24.1. The SMILES string of the molecule is COc1ccc([C@]2(C#Cc3ccccc3)C[C@H](CN)C2)cc1OC1CCCC1. The van der Waals surface area contributed by atoms with Gasteiger partial charge in [0.25, 0.3) is 0 Å². The van der Waals surface area contributed by atoms with Crippen LogP contribution >= 0.6 is 0 Å². The van der Waals surface area contributed by atoms with E-state index in [1.807, 2.05) is 24.3 Å². The molecule has 0 unspecified atom stereocenters. The van der Waals surface area contributed by atoms with Crippen LogP contribution in [0.2, 0.25) is 0 Å². The lowest BCUT2D eigenvalue weighted by atomic mass is 9.59. The molecule has 0 radical (unpaired) electrons. The summed E-state index contributed by atoms with van der Waals surface area (Å²) in [4.78, 5) is 0. The van der Waals surface area contributed by atoms with Crippen molar-refractivity contribution in [3.05, 3.63) is 59.7 Å². The molecule has 4 rings (SSSR count). The van der Waals surface area contributed by atoms with E-state index in [1.165, 1.54) is 18.4 Å². The molecule has 2 N–H and O–H groups in total. The first-order valence-corrected chi connectivity index (χ1v) is 10.4. The topological polar surface area (TPSA) is 44.5 Å². The van der Waals surface area contributed by atoms with E-state index in [1.54, 1.807) is 7.11 Å². The smallest absolute Gasteiger partial charge is 0.161 e. The first-order chi connectivity index (χ1) is 13.7. The highest BCUT2D eigenvalue weighted by molar-refractivity contribution is 5.51. The molecule has 2 aromatic carbocycles. The standard InChI is InChI=1S/C25H29NO2/c1-27-23-12-11-21(15-24(23)28-22-9-5-6-10-22)25(16-20(17-25)18-26)14-13-19-7-3-2-4-8-19/h2-4,7-8,11-12,15,20,22H,5-6,9-10,16-18,26H2,1H3/t20-,25+. The van der Waals surface area contributed by atoms with Gasteiger partial charge in [0.2, 0.25) is 0 Å². The molecule has 2 fully saturated rings. The molecular weight excluding hydrogens is 346 g/mol. The molecule has 0 aromatic heterocycles. The molecular formula is C25H29NO2. The van der Waals surface area contributed by atoms with E-state index < -0.39 is 0 Å². The van der Waals surface area contributed by atoms with Gasteiger partial charge in [-0.3, -0.25) is 0 Å². The molecule has 0 heterocycles. The maximum Gasteiger partial charge on any atom is 0.161 e. The zero-order valence-electron chi connectivity index (χ0n) is 16.6. The number of hydrogen-bond acceptors (Lipinski definition) is 3. The van der Waals surface area contributed by atoms with Crippen molar-refractivity contribution in [2.45, 2.75) is 50.0 Å². The Balaban J connectivity index is 1.65. The Morgan fingerprint density at radius 1 is 1.04 bits per heavy atom. The van der Waals surface area contributed by atoms with E-state index in [2.05, 4.69) is 36.1 Å². The van der Waals surface area contributed by atoms with Crippen molar-refractivity contribution in [1.82, 2.24) is 0 Å². The monoisotopic (exact) mass is 375 g/mol. The fourth-order valence-corrected chi connectivity index (χ4v) is 4.47. The third-order valence-electron chi connectivity index (χ3n) is 6.14. The van der Waals surface area contributed by atoms with Gasteiger partial charge in [-0.25, -0.2) is 0 Å². The van der Waals surface area contributed by atoms with Crippen molar-refractivity contribution in [2.24, 2.45) is 11.7 Å². The zero-order valence-corrected chi connectivity index (χ0v) is 16.6. The number of ether oxygens (including phenoxy) is 2. The third-order valence-corrected chi connectivity index (χ3v) is 6.14. The third kappa shape index (κ3) is 3.88. The van der Waals surface area contributed by atoms with Gasteiger partial charge in [0.05, 0.1) is 18.6 Å². The van der Waals surface area contributed by atoms with Gasteiger partial charge < -0.3 is 15.2 Å². The summed E-state index contributed by atoms with van der Waals surface area (Å²) in [5.41, 5.74) is 8.05. The molecule has 0 bridgehead atoms. The van der Waals surface area contributed by atoms with Gasteiger partial charge in [-0.05, 0) is 80.8 Å². The number of methoxy groups -OCH3 is 1. The highest BCUT2D eigenvalue weighted by atomic mass is 16.5. The summed E-state index contributed by atoms with van der Waals surface area (Å²) in [6, 6.07) is 16.5. The maximum atomic E-state index is 6.32. The van der Waals surface area contributed by atoms with Gasteiger partial charge in [-0.1, -0.05) is 36.1 Å². The van der Waals surface area contributed by atoms with E-state index >= 15 is 0 Å². The molecule has 2 saturated carbocycles. The van der Waals surface area contributed by atoms with Gasteiger partial charge in [0.15, 0.2) is 11.5 Å². The molecule has 2 aliphatic carbocycles.